The fraction of sp³-hybridized carbons (Fsp3) is 0.585. The van der Waals surface area contributed by atoms with Gasteiger partial charge in [0, 0.05) is 33.1 Å². The first kappa shape index (κ1) is 38.2. The van der Waals surface area contributed by atoms with Crippen LogP contribution in [0.15, 0.2) is 48.8 Å². The highest BCUT2D eigenvalue weighted by atomic mass is 16.6. The smallest absolute Gasteiger partial charge is 0.302 e. The summed E-state index contributed by atoms with van der Waals surface area (Å²) in [5.41, 5.74) is 9.58. The van der Waals surface area contributed by atoms with Crippen LogP contribution in [0.5, 0.6) is 11.5 Å². The molecule has 2 saturated carbocycles. The van der Waals surface area contributed by atoms with Crippen LogP contribution in [0.1, 0.15) is 83.9 Å². The van der Waals surface area contributed by atoms with Crippen molar-refractivity contribution in [2.45, 2.75) is 97.7 Å². The molecule has 0 aliphatic heterocycles. The van der Waals surface area contributed by atoms with E-state index in [0.717, 1.165) is 60.9 Å². The number of hydrogen-bond acceptors (Lipinski definition) is 9. The number of nitrogens with zero attached hydrogens (tertiary/aromatic N) is 2. The van der Waals surface area contributed by atoms with Crippen molar-refractivity contribution in [2.75, 3.05) is 19.5 Å². The average molecular weight is 703 g/mol. The number of carbonyl (C=O) groups is 2. The Bertz CT molecular complexity index is 1590. The fourth-order valence-corrected chi connectivity index (χ4v) is 9.18. The van der Waals surface area contributed by atoms with Crippen LogP contribution < -0.4 is 15.5 Å². The van der Waals surface area contributed by atoms with Crippen molar-refractivity contribution in [3.05, 3.63) is 60.0 Å². The van der Waals surface area contributed by atoms with E-state index in [1.54, 1.807) is 24.4 Å². The van der Waals surface area contributed by atoms with Gasteiger partial charge in [0.15, 0.2) is 11.5 Å². The number of aliphatic hydroxyl groups excluding tert-OH is 1. The van der Waals surface area contributed by atoms with Gasteiger partial charge in [-0.25, -0.2) is 4.98 Å². The number of aryl methyl sites for hydroxylation is 1. The lowest BCUT2D eigenvalue weighted by Gasteiger charge is -2.48. The summed E-state index contributed by atoms with van der Waals surface area (Å²) in [5, 5.41) is 21.3. The molecule has 10 heteroatoms. The second-order valence-electron chi connectivity index (χ2n) is 15.3. The SMILES string of the molecule is COc1cc(CCC(CC(OC(C)=O)C2CC(CO)CC3CC(C2)C(C(C)C)CC3Cc2ccc[n-]2)OC(C)=O)c(-c2ccnc(N)c2)cc1O. The van der Waals surface area contributed by atoms with Gasteiger partial charge in [-0.1, -0.05) is 26.0 Å². The van der Waals surface area contributed by atoms with E-state index in [9.17, 15) is 19.8 Å². The van der Waals surface area contributed by atoms with E-state index in [-0.39, 0.29) is 30.2 Å². The summed E-state index contributed by atoms with van der Waals surface area (Å²) in [6, 6.07) is 11.2. The van der Waals surface area contributed by atoms with Gasteiger partial charge in [-0.2, -0.15) is 11.9 Å². The van der Waals surface area contributed by atoms with Crippen LogP contribution in [0.25, 0.3) is 11.1 Å². The second kappa shape index (κ2) is 17.4. The van der Waals surface area contributed by atoms with E-state index in [2.05, 4.69) is 29.9 Å². The summed E-state index contributed by atoms with van der Waals surface area (Å²) < 4.78 is 17.5. The third-order valence-electron chi connectivity index (χ3n) is 11.4. The Morgan fingerprint density at radius 2 is 1.80 bits per heavy atom. The first-order valence-electron chi connectivity index (χ1n) is 18.6. The summed E-state index contributed by atoms with van der Waals surface area (Å²) >= 11 is 0. The minimum atomic E-state index is -0.540. The first-order chi connectivity index (χ1) is 24.4. The van der Waals surface area contributed by atoms with Crippen molar-refractivity contribution >= 4 is 17.8 Å². The van der Waals surface area contributed by atoms with E-state index in [0.29, 0.717) is 60.4 Å². The molecular formula is C41H56N3O7-. The summed E-state index contributed by atoms with van der Waals surface area (Å²) in [6.07, 6.45) is 9.51. The number of phenols is 1. The van der Waals surface area contributed by atoms with Gasteiger partial charge < -0.3 is 35.1 Å². The first-order valence-corrected chi connectivity index (χ1v) is 18.6. The van der Waals surface area contributed by atoms with Gasteiger partial charge in [-0.05, 0) is 134 Å². The number of phenolic OH excluding ortho intramolecular Hbond substituents is 1. The molecule has 5 rings (SSSR count). The zero-order valence-corrected chi connectivity index (χ0v) is 30.8. The Kier molecular flexibility index (Phi) is 13.1. The lowest BCUT2D eigenvalue weighted by Crippen LogP contribution is -2.42. The summed E-state index contributed by atoms with van der Waals surface area (Å²) in [7, 11) is 1.50. The Hall–Kier alpha value is -4.05. The molecule has 2 fully saturated rings. The highest BCUT2D eigenvalue weighted by Crippen LogP contribution is 2.50. The Balaban J connectivity index is 1.40. The van der Waals surface area contributed by atoms with Crippen molar-refractivity contribution in [3.63, 3.8) is 0 Å². The number of anilines is 1. The van der Waals surface area contributed by atoms with E-state index >= 15 is 0 Å². The standard InChI is InChI=1S/C41H56N3O7/c1-24(2)36-18-31(17-34-7-6-11-43-34)30-13-27(23-45)14-33(16-32(36)15-30)39(51-26(4)47)21-35(50-25(3)46)9-8-28-19-40(49-5)38(48)22-37(28)29-10-12-44-41(42)20-29/h6-7,10-12,19-20,22,24,27,30-33,35-36,39,45,48H,8-9,13-18,21,23H2,1-5H3,(H2,42,44)/q-1. The molecule has 8 atom stereocenters. The van der Waals surface area contributed by atoms with Crippen LogP contribution in [0.2, 0.25) is 0 Å². The Morgan fingerprint density at radius 1 is 1.02 bits per heavy atom. The highest BCUT2D eigenvalue weighted by molar-refractivity contribution is 5.72. The maximum absolute atomic E-state index is 12.7. The number of methoxy groups -OCH3 is 1. The van der Waals surface area contributed by atoms with E-state index in [4.69, 9.17) is 19.9 Å². The maximum atomic E-state index is 12.7. The Morgan fingerprint density at radius 3 is 2.45 bits per heavy atom. The largest absolute Gasteiger partial charge is 0.668 e. The summed E-state index contributed by atoms with van der Waals surface area (Å²) in [6.45, 7) is 7.56. The number of rotatable bonds is 14. The number of aromatic nitrogens is 2. The predicted octanol–water partition coefficient (Wildman–Crippen LogP) is 6.75. The number of pyridine rings is 1. The minimum absolute atomic E-state index is 0.000539. The number of nitrogen functional groups attached to an aromatic ring is 1. The number of fused-ring (bicyclic) bond motifs is 2. The molecule has 2 aliphatic rings. The maximum Gasteiger partial charge on any atom is 0.302 e. The van der Waals surface area contributed by atoms with E-state index in [1.165, 1.54) is 21.0 Å². The molecule has 3 aromatic rings. The fourth-order valence-electron chi connectivity index (χ4n) is 9.18. The molecule has 278 valence electrons. The van der Waals surface area contributed by atoms with Crippen LogP contribution in [0, 0.1) is 41.4 Å². The Labute approximate surface area is 302 Å². The number of benzene rings is 1. The van der Waals surface area contributed by atoms with Crippen LogP contribution in [0.4, 0.5) is 5.82 Å². The topological polar surface area (TPSA) is 155 Å². The van der Waals surface area contributed by atoms with Gasteiger partial charge in [0.05, 0.1) is 7.11 Å². The van der Waals surface area contributed by atoms with E-state index < -0.39 is 18.2 Å². The molecule has 2 heterocycles. The van der Waals surface area contributed by atoms with Gasteiger partial charge in [-0.15, -0.1) is 0 Å². The summed E-state index contributed by atoms with van der Waals surface area (Å²) in [4.78, 5) is 33.8. The average Bonchev–Trinajstić information content (AvgIpc) is 3.59. The molecule has 0 saturated heterocycles. The molecule has 4 N–H and O–H groups in total. The molecule has 2 bridgehead atoms. The van der Waals surface area contributed by atoms with Crippen LogP contribution in [0.3, 0.4) is 0 Å². The summed E-state index contributed by atoms with van der Waals surface area (Å²) in [5.74, 6) is 2.54. The molecule has 2 aliphatic carbocycles. The molecule has 2 aromatic heterocycles. The van der Waals surface area contributed by atoms with Gasteiger partial charge in [0.2, 0.25) is 0 Å². The zero-order valence-electron chi connectivity index (χ0n) is 30.8. The lowest BCUT2D eigenvalue weighted by atomic mass is 9.58. The molecule has 0 spiro atoms. The van der Waals surface area contributed by atoms with Crippen LogP contribution in [-0.4, -0.2) is 53.1 Å². The number of hydrogen-bond donors (Lipinski definition) is 3. The third kappa shape index (κ3) is 10.1. The molecule has 1 aromatic carbocycles. The van der Waals surface area contributed by atoms with Crippen LogP contribution >= 0.6 is 0 Å². The van der Waals surface area contributed by atoms with Crippen molar-refractivity contribution in [1.29, 1.82) is 0 Å². The molecule has 51 heavy (non-hydrogen) atoms. The lowest BCUT2D eigenvalue weighted by molar-refractivity contribution is -0.157. The van der Waals surface area contributed by atoms with Crippen molar-refractivity contribution in [2.24, 2.45) is 41.4 Å². The van der Waals surface area contributed by atoms with Crippen molar-refractivity contribution in [1.82, 2.24) is 9.97 Å². The van der Waals surface area contributed by atoms with Gasteiger partial charge in [0.1, 0.15) is 18.0 Å². The number of aliphatic hydroxyl groups is 1. The highest BCUT2D eigenvalue weighted by Gasteiger charge is 2.44. The molecular weight excluding hydrogens is 646 g/mol. The molecule has 8 unspecified atom stereocenters. The number of esters is 2. The number of nitrogens with two attached hydrogens (primary N) is 1. The van der Waals surface area contributed by atoms with Gasteiger partial charge in [0.25, 0.3) is 0 Å². The van der Waals surface area contributed by atoms with E-state index in [1.807, 2.05) is 18.3 Å². The van der Waals surface area contributed by atoms with Crippen molar-refractivity contribution < 1.29 is 34.0 Å². The quantitative estimate of drug-likeness (QED) is 0.154. The minimum Gasteiger partial charge on any atom is -0.668 e. The van der Waals surface area contributed by atoms with Crippen LogP contribution in [-0.2, 0) is 31.9 Å². The third-order valence-corrected chi connectivity index (χ3v) is 11.4. The number of carbonyl (C=O) groups excluding carboxylic acids is 2. The zero-order chi connectivity index (χ0) is 36.7. The monoisotopic (exact) mass is 702 g/mol. The second-order valence-corrected chi connectivity index (χ2v) is 15.3. The molecule has 0 radical (unpaired) electrons. The molecule has 10 nitrogen and oxygen atoms in total. The normalized spacial score (nSPS) is 24.6. The van der Waals surface area contributed by atoms with Gasteiger partial charge >= 0.3 is 11.9 Å². The van der Waals surface area contributed by atoms with Crippen molar-refractivity contribution in [3.8, 4) is 22.6 Å². The number of aromatic hydroxyl groups is 1. The predicted molar refractivity (Wildman–Crippen MR) is 196 cm³/mol. The van der Waals surface area contributed by atoms with Gasteiger partial charge in [-0.3, -0.25) is 9.59 Å². The molecule has 0 amide bonds. The number of ether oxygens (including phenoxy) is 3.